The average molecular weight is 480 g/mol. The number of phosphoric ester groups is 1. The quantitative estimate of drug-likeness (QED) is 0.188. The maximum atomic E-state index is 10.9. The van der Waals surface area contributed by atoms with Gasteiger partial charge in [-0.05, 0) is 31.5 Å². The highest BCUT2D eigenvalue weighted by Gasteiger charge is 2.18. The minimum Gasteiger partial charge on any atom is -0.494 e. The van der Waals surface area contributed by atoms with E-state index < -0.39 is 13.9 Å². The number of nitrogens with one attached hydrogen (secondary N) is 1. The van der Waals surface area contributed by atoms with Crippen molar-refractivity contribution < 1.29 is 23.6 Å². The van der Waals surface area contributed by atoms with Gasteiger partial charge in [0, 0.05) is 18.3 Å². The normalized spacial score (nSPS) is 12.5. The third-order valence-corrected chi connectivity index (χ3v) is 5.80. The van der Waals surface area contributed by atoms with Crippen LogP contribution < -0.4 is 10.1 Å². The largest absolute Gasteiger partial charge is 0.494 e. The van der Waals surface area contributed by atoms with E-state index in [1.54, 1.807) is 19.2 Å². The van der Waals surface area contributed by atoms with Crippen molar-refractivity contribution in [1.29, 1.82) is 0 Å². The molecule has 0 radical (unpaired) electrons. The van der Waals surface area contributed by atoms with Crippen LogP contribution in [-0.2, 0) is 9.09 Å². The van der Waals surface area contributed by atoms with Gasteiger partial charge in [0.15, 0.2) is 0 Å². The van der Waals surface area contributed by atoms with Crippen LogP contribution in [0.2, 0.25) is 0 Å². The summed E-state index contributed by atoms with van der Waals surface area (Å²) in [6.07, 6.45) is 12.5. The zero-order valence-corrected chi connectivity index (χ0v) is 20.7. The second kappa shape index (κ2) is 15.0. The van der Waals surface area contributed by atoms with Crippen molar-refractivity contribution in [3.05, 3.63) is 36.5 Å². The van der Waals surface area contributed by atoms with E-state index in [4.69, 9.17) is 14.5 Å². The first-order chi connectivity index (χ1) is 15.9. The predicted octanol–water partition coefficient (Wildman–Crippen LogP) is 5.96. The minimum absolute atomic E-state index is 0.163. The highest BCUT2D eigenvalue weighted by atomic mass is 31.2. The van der Waals surface area contributed by atoms with Crippen LogP contribution in [0.5, 0.6) is 5.75 Å². The molecule has 9 heteroatoms. The first-order valence-electron chi connectivity index (χ1n) is 11.9. The molecule has 184 valence electrons. The SMILES string of the molecule is CCCCCCCCCCCOc1cccc(-c2ccnc(NCC(C)OP(=O)(O)O)n2)c1. The van der Waals surface area contributed by atoms with Gasteiger partial charge in [-0.3, -0.25) is 4.52 Å². The molecule has 3 N–H and O–H groups in total. The molecule has 1 heterocycles. The number of hydrogen-bond donors (Lipinski definition) is 3. The first kappa shape index (κ1) is 27.3. The number of unbranched alkanes of at least 4 members (excludes halogenated alkanes) is 8. The van der Waals surface area contributed by atoms with Gasteiger partial charge in [-0.25, -0.2) is 14.5 Å². The van der Waals surface area contributed by atoms with E-state index in [1.165, 1.54) is 51.4 Å². The maximum absolute atomic E-state index is 10.9. The molecule has 33 heavy (non-hydrogen) atoms. The van der Waals surface area contributed by atoms with Crippen LogP contribution in [0.15, 0.2) is 36.5 Å². The molecule has 0 aliphatic carbocycles. The van der Waals surface area contributed by atoms with Gasteiger partial charge in [0.25, 0.3) is 0 Å². The zero-order valence-electron chi connectivity index (χ0n) is 19.8. The highest BCUT2D eigenvalue weighted by Crippen LogP contribution is 2.37. The Morgan fingerprint density at radius 1 is 1.03 bits per heavy atom. The van der Waals surface area contributed by atoms with Gasteiger partial charge in [-0.15, -0.1) is 0 Å². The Bertz CT molecular complexity index is 861. The lowest BCUT2D eigenvalue weighted by Crippen LogP contribution is -2.19. The topological polar surface area (TPSA) is 114 Å². The summed E-state index contributed by atoms with van der Waals surface area (Å²) in [7, 11) is -4.52. The van der Waals surface area contributed by atoms with Gasteiger partial charge in [-0.2, -0.15) is 0 Å². The molecule has 0 spiro atoms. The van der Waals surface area contributed by atoms with E-state index in [0.717, 1.165) is 23.4 Å². The van der Waals surface area contributed by atoms with Gasteiger partial charge in [0.05, 0.1) is 18.4 Å². The summed E-state index contributed by atoms with van der Waals surface area (Å²) in [4.78, 5) is 26.4. The molecule has 0 aliphatic heterocycles. The molecule has 0 aliphatic rings. The Kier molecular flexibility index (Phi) is 12.4. The molecule has 1 aromatic heterocycles. The Balaban J connectivity index is 1.76. The second-order valence-electron chi connectivity index (χ2n) is 8.26. The molecule has 0 saturated heterocycles. The molecule has 2 aromatic rings. The van der Waals surface area contributed by atoms with Crippen molar-refractivity contribution in [2.75, 3.05) is 18.5 Å². The lowest BCUT2D eigenvalue weighted by atomic mass is 10.1. The molecule has 0 saturated carbocycles. The first-order valence-corrected chi connectivity index (χ1v) is 13.4. The fourth-order valence-corrected chi connectivity index (χ4v) is 4.00. The third kappa shape index (κ3) is 12.2. The minimum atomic E-state index is -4.52. The lowest BCUT2D eigenvalue weighted by molar-refractivity contribution is 0.152. The summed E-state index contributed by atoms with van der Waals surface area (Å²) >= 11 is 0. The third-order valence-electron chi connectivity index (χ3n) is 5.17. The van der Waals surface area contributed by atoms with Crippen LogP contribution in [0, 0.1) is 0 Å². The number of phosphoric acid groups is 1. The van der Waals surface area contributed by atoms with Gasteiger partial charge in [0.2, 0.25) is 5.95 Å². The van der Waals surface area contributed by atoms with E-state index in [9.17, 15) is 4.57 Å². The van der Waals surface area contributed by atoms with E-state index in [-0.39, 0.29) is 6.54 Å². The maximum Gasteiger partial charge on any atom is 0.469 e. The highest BCUT2D eigenvalue weighted by molar-refractivity contribution is 7.46. The van der Waals surface area contributed by atoms with Crippen molar-refractivity contribution in [2.45, 2.75) is 77.7 Å². The van der Waals surface area contributed by atoms with E-state index in [0.29, 0.717) is 12.6 Å². The lowest BCUT2D eigenvalue weighted by Gasteiger charge is -2.14. The Morgan fingerprint density at radius 2 is 1.73 bits per heavy atom. The summed E-state index contributed by atoms with van der Waals surface area (Å²) in [6, 6.07) is 9.60. The molecule has 0 amide bonds. The molecule has 1 unspecified atom stereocenters. The van der Waals surface area contributed by atoms with E-state index in [2.05, 4.69) is 26.7 Å². The Hall–Kier alpha value is -1.99. The monoisotopic (exact) mass is 479 g/mol. The van der Waals surface area contributed by atoms with E-state index in [1.807, 2.05) is 24.3 Å². The zero-order chi connectivity index (χ0) is 23.9. The van der Waals surface area contributed by atoms with Crippen molar-refractivity contribution in [2.24, 2.45) is 0 Å². The number of anilines is 1. The smallest absolute Gasteiger partial charge is 0.469 e. The van der Waals surface area contributed by atoms with Crippen LogP contribution in [0.1, 0.15) is 71.6 Å². The molecule has 2 rings (SSSR count). The number of ether oxygens (including phenoxy) is 1. The predicted molar refractivity (Wildman–Crippen MR) is 131 cm³/mol. The van der Waals surface area contributed by atoms with Crippen LogP contribution in [0.3, 0.4) is 0 Å². The molecular weight excluding hydrogens is 441 g/mol. The number of aromatic nitrogens is 2. The summed E-state index contributed by atoms with van der Waals surface area (Å²) in [5.74, 6) is 1.17. The summed E-state index contributed by atoms with van der Waals surface area (Å²) in [6.45, 7) is 4.67. The number of nitrogens with zero attached hydrogens (tertiary/aromatic N) is 2. The summed E-state index contributed by atoms with van der Waals surface area (Å²) in [5.41, 5.74) is 1.63. The second-order valence-corrected chi connectivity index (χ2v) is 9.45. The standard InChI is InChI=1S/C24H38N3O5P/c1-3-4-5-6-7-8-9-10-11-17-31-22-14-12-13-21(18-22)23-15-16-25-24(27-23)26-19-20(2)32-33(28,29)30/h12-16,18,20H,3-11,17,19H2,1-2H3,(H,25,26,27)(H2,28,29,30). The summed E-state index contributed by atoms with van der Waals surface area (Å²) < 4.78 is 21.5. The molecule has 1 atom stereocenters. The summed E-state index contributed by atoms with van der Waals surface area (Å²) in [5, 5.41) is 2.94. The molecular formula is C24H38N3O5P. The fraction of sp³-hybridized carbons (Fsp3) is 0.583. The van der Waals surface area contributed by atoms with Crippen molar-refractivity contribution in [3.8, 4) is 17.0 Å². The molecule has 0 fully saturated rings. The molecule has 8 nitrogen and oxygen atoms in total. The Morgan fingerprint density at radius 3 is 2.42 bits per heavy atom. The van der Waals surface area contributed by atoms with Crippen LogP contribution in [0.25, 0.3) is 11.3 Å². The van der Waals surface area contributed by atoms with Crippen LogP contribution in [-0.4, -0.2) is 39.0 Å². The number of hydrogen-bond acceptors (Lipinski definition) is 6. The van der Waals surface area contributed by atoms with Gasteiger partial charge >= 0.3 is 7.82 Å². The van der Waals surface area contributed by atoms with Crippen molar-refractivity contribution >= 4 is 13.8 Å². The van der Waals surface area contributed by atoms with E-state index >= 15 is 0 Å². The van der Waals surface area contributed by atoms with Crippen molar-refractivity contribution in [1.82, 2.24) is 9.97 Å². The van der Waals surface area contributed by atoms with Crippen molar-refractivity contribution in [3.63, 3.8) is 0 Å². The Labute approximate surface area is 197 Å². The van der Waals surface area contributed by atoms with Gasteiger partial charge < -0.3 is 19.8 Å². The fourth-order valence-electron chi connectivity index (χ4n) is 3.46. The molecule has 0 bridgehead atoms. The van der Waals surface area contributed by atoms with Gasteiger partial charge in [-0.1, -0.05) is 70.4 Å². The average Bonchev–Trinajstić information content (AvgIpc) is 2.78. The number of rotatable bonds is 17. The van der Waals surface area contributed by atoms with Crippen LogP contribution in [0.4, 0.5) is 5.95 Å². The molecule has 1 aromatic carbocycles. The number of benzene rings is 1. The van der Waals surface area contributed by atoms with Crippen LogP contribution >= 0.6 is 7.82 Å². The van der Waals surface area contributed by atoms with Gasteiger partial charge in [0.1, 0.15) is 5.75 Å².